The van der Waals surface area contributed by atoms with Crippen molar-refractivity contribution in [3.8, 4) is 17.1 Å². The van der Waals surface area contributed by atoms with Crippen LogP contribution in [0.2, 0.25) is 0 Å². The number of anilines is 1. The van der Waals surface area contributed by atoms with Crippen LogP contribution in [-0.4, -0.2) is 12.3 Å². The van der Waals surface area contributed by atoms with E-state index in [1.54, 1.807) is 7.11 Å². The maximum Gasteiger partial charge on any atom is 0.190 e. The number of rotatable bonds is 3. The predicted molar refractivity (Wildman–Crippen MR) is 76.5 cm³/mol. The van der Waals surface area contributed by atoms with Gasteiger partial charge in [-0.05, 0) is 43.0 Å². The first-order chi connectivity index (χ1) is 8.95. The lowest BCUT2D eigenvalue weighted by Crippen LogP contribution is -1.98. The molecule has 0 saturated carbocycles. The zero-order valence-corrected chi connectivity index (χ0v) is 12.1. The zero-order chi connectivity index (χ0) is 14.2. The van der Waals surface area contributed by atoms with Crippen LogP contribution >= 0.6 is 0 Å². The number of hydrogen-bond donors (Lipinski definition) is 1. The minimum absolute atomic E-state index is 0.361. The quantitative estimate of drug-likeness (QED) is 0.914. The minimum Gasteiger partial charge on any atom is -0.496 e. The highest BCUT2D eigenvalue weighted by molar-refractivity contribution is 5.76. The van der Waals surface area contributed by atoms with E-state index < -0.39 is 0 Å². The fraction of sp³-hybridized carbons (Fsp3) is 0.400. The van der Waals surface area contributed by atoms with Crippen molar-refractivity contribution >= 4 is 5.69 Å². The summed E-state index contributed by atoms with van der Waals surface area (Å²) in [5.74, 6) is 1.89. The molecule has 2 N–H and O–H groups in total. The van der Waals surface area contributed by atoms with E-state index in [0.29, 0.717) is 17.4 Å². The Morgan fingerprint density at radius 3 is 2.42 bits per heavy atom. The molecule has 1 aromatic heterocycles. The Bertz CT molecular complexity index is 600. The lowest BCUT2D eigenvalue weighted by Gasteiger charge is -2.15. The van der Waals surface area contributed by atoms with Crippen molar-refractivity contribution in [2.45, 2.75) is 33.6 Å². The van der Waals surface area contributed by atoms with Crippen molar-refractivity contribution in [1.82, 2.24) is 5.16 Å². The number of aryl methyl sites for hydroxylation is 2. The average molecular weight is 260 g/mol. The fourth-order valence-electron chi connectivity index (χ4n) is 2.14. The van der Waals surface area contributed by atoms with Gasteiger partial charge in [0.05, 0.1) is 7.11 Å². The van der Waals surface area contributed by atoms with E-state index in [2.05, 4.69) is 25.1 Å². The van der Waals surface area contributed by atoms with Crippen LogP contribution in [0.1, 0.15) is 36.6 Å². The van der Waals surface area contributed by atoms with Crippen LogP contribution in [0.25, 0.3) is 11.3 Å². The highest BCUT2D eigenvalue weighted by atomic mass is 16.5. The molecule has 19 heavy (non-hydrogen) atoms. The molecule has 0 bridgehead atoms. The monoisotopic (exact) mass is 260 g/mol. The summed E-state index contributed by atoms with van der Waals surface area (Å²) in [5.41, 5.74) is 10.5. The molecule has 0 aliphatic carbocycles. The van der Waals surface area contributed by atoms with Crippen molar-refractivity contribution in [2.75, 3.05) is 12.8 Å². The molecule has 0 radical (unpaired) electrons. The SMILES string of the molecule is COc1cc(C)c(-c2onc(C)c2N)cc1C(C)C. The van der Waals surface area contributed by atoms with E-state index in [-0.39, 0.29) is 0 Å². The maximum atomic E-state index is 6.01. The van der Waals surface area contributed by atoms with Crippen LogP contribution in [0.3, 0.4) is 0 Å². The zero-order valence-electron chi connectivity index (χ0n) is 12.1. The third-order valence-corrected chi connectivity index (χ3v) is 3.35. The van der Waals surface area contributed by atoms with Crippen LogP contribution in [0, 0.1) is 13.8 Å². The molecular weight excluding hydrogens is 240 g/mol. The van der Waals surface area contributed by atoms with Crippen LogP contribution in [0.4, 0.5) is 5.69 Å². The Morgan fingerprint density at radius 1 is 1.26 bits per heavy atom. The fourth-order valence-corrected chi connectivity index (χ4v) is 2.14. The Hall–Kier alpha value is -1.97. The van der Waals surface area contributed by atoms with Gasteiger partial charge in [-0.25, -0.2) is 0 Å². The van der Waals surface area contributed by atoms with Crippen LogP contribution in [0.15, 0.2) is 16.7 Å². The second kappa shape index (κ2) is 4.96. The lowest BCUT2D eigenvalue weighted by atomic mass is 9.95. The van der Waals surface area contributed by atoms with Gasteiger partial charge in [-0.2, -0.15) is 0 Å². The Kier molecular flexibility index (Phi) is 3.51. The summed E-state index contributed by atoms with van der Waals surface area (Å²) < 4.78 is 10.8. The third-order valence-electron chi connectivity index (χ3n) is 3.35. The highest BCUT2D eigenvalue weighted by Crippen LogP contribution is 2.37. The normalized spacial score (nSPS) is 11.1. The largest absolute Gasteiger partial charge is 0.496 e. The predicted octanol–water partition coefficient (Wildman–Crippen LogP) is 3.67. The Morgan fingerprint density at radius 2 is 1.95 bits per heavy atom. The molecule has 4 nitrogen and oxygen atoms in total. The van der Waals surface area contributed by atoms with Gasteiger partial charge in [0.2, 0.25) is 0 Å². The summed E-state index contributed by atoms with van der Waals surface area (Å²) in [6.07, 6.45) is 0. The van der Waals surface area contributed by atoms with Gasteiger partial charge >= 0.3 is 0 Å². The van der Waals surface area contributed by atoms with E-state index >= 15 is 0 Å². The van der Waals surface area contributed by atoms with Gasteiger partial charge in [0.25, 0.3) is 0 Å². The molecule has 1 aromatic carbocycles. The van der Waals surface area contributed by atoms with Crippen LogP contribution < -0.4 is 10.5 Å². The number of benzene rings is 1. The number of nitrogen functional groups attached to an aromatic ring is 1. The first-order valence-electron chi connectivity index (χ1n) is 6.36. The van der Waals surface area contributed by atoms with Gasteiger partial charge in [0, 0.05) is 5.56 Å². The number of hydrogen-bond acceptors (Lipinski definition) is 4. The number of aromatic nitrogens is 1. The molecule has 0 aliphatic heterocycles. The molecule has 0 spiro atoms. The maximum absolute atomic E-state index is 6.01. The topological polar surface area (TPSA) is 61.3 Å². The summed E-state index contributed by atoms with van der Waals surface area (Å²) in [5, 5.41) is 3.92. The molecule has 0 unspecified atom stereocenters. The van der Waals surface area contributed by atoms with Crippen LogP contribution in [-0.2, 0) is 0 Å². The molecule has 4 heteroatoms. The van der Waals surface area contributed by atoms with Crippen molar-refractivity contribution in [3.05, 3.63) is 29.0 Å². The lowest BCUT2D eigenvalue weighted by molar-refractivity contribution is 0.406. The Balaban J connectivity index is 2.64. The number of nitrogens with two attached hydrogens (primary N) is 1. The highest BCUT2D eigenvalue weighted by Gasteiger charge is 2.18. The third kappa shape index (κ3) is 2.30. The van der Waals surface area contributed by atoms with Crippen molar-refractivity contribution in [2.24, 2.45) is 0 Å². The van der Waals surface area contributed by atoms with E-state index in [4.69, 9.17) is 15.0 Å². The molecule has 2 rings (SSSR count). The first-order valence-corrected chi connectivity index (χ1v) is 6.36. The smallest absolute Gasteiger partial charge is 0.190 e. The summed E-state index contributed by atoms with van der Waals surface area (Å²) in [4.78, 5) is 0. The number of methoxy groups -OCH3 is 1. The van der Waals surface area contributed by atoms with Crippen molar-refractivity contribution in [1.29, 1.82) is 0 Å². The molecule has 0 aliphatic rings. The summed E-state index contributed by atoms with van der Waals surface area (Å²) in [7, 11) is 1.69. The summed E-state index contributed by atoms with van der Waals surface area (Å²) in [6.45, 7) is 8.11. The number of nitrogens with zero attached hydrogens (tertiary/aromatic N) is 1. The standard InChI is InChI=1S/C15H20N2O2/c1-8(2)11-7-12(9(3)6-13(11)18-5)15-14(16)10(4)17-19-15/h6-8H,16H2,1-5H3. The van der Waals surface area contributed by atoms with Gasteiger partial charge in [-0.1, -0.05) is 19.0 Å². The van der Waals surface area contributed by atoms with E-state index in [9.17, 15) is 0 Å². The molecule has 0 saturated heterocycles. The van der Waals surface area contributed by atoms with Crippen molar-refractivity contribution < 1.29 is 9.26 Å². The molecule has 0 atom stereocenters. The second-order valence-electron chi connectivity index (χ2n) is 5.07. The second-order valence-corrected chi connectivity index (χ2v) is 5.07. The van der Waals surface area contributed by atoms with E-state index in [1.165, 1.54) is 0 Å². The Labute approximate surface area is 113 Å². The minimum atomic E-state index is 0.361. The molecule has 0 amide bonds. The summed E-state index contributed by atoms with van der Waals surface area (Å²) >= 11 is 0. The van der Waals surface area contributed by atoms with Gasteiger partial charge in [-0.3, -0.25) is 0 Å². The number of ether oxygens (including phenoxy) is 1. The van der Waals surface area contributed by atoms with Gasteiger partial charge in [-0.15, -0.1) is 0 Å². The van der Waals surface area contributed by atoms with Gasteiger partial charge in [0.15, 0.2) is 5.76 Å². The summed E-state index contributed by atoms with van der Waals surface area (Å²) in [6, 6.07) is 4.09. The average Bonchev–Trinajstić information content (AvgIpc) is 2.69. The van der Waals surface area contributed by atoms with E-state index in [1.807, 2.05) is 19.9 Å². The van der Waals surface area contributed by atoms with Gasteiger partial charge in [0.1, 0.15) is 17.1 Å². The van der Waals surface area contributed by atoms with Crippen LogP contribution in [0.5, 0.6) is 5.75 Å². The molecule has 102 valence electrons. The molecule has 1 heterocycles. The van der Waals surface area contributed by atoms with E-state index in [0.717, 1.165) is 28.1 Å². The van der Waals surface area contributed by atoms with Crippen molar-refractivity contribution in [3.63, 3.8) is 0 Å². The van der Waals surface area contributed by atoms with Gasteiger partial charge < -0.3 is 15.0 Å². The first kappa shape index (κ1) is 13.5. The molecular formula is C15H20N2O2. The molecule has 0 fully saturated rings. The molecule has 2 aromatic rings.